The largest absolute Gasteiger partial charge is 0.462 e. The van der Waals surface area contributed by atoms with Crippen molar-refractivity contribution in [2.75, 3.05) is 6.61 Å². The second kappa shape index (κ2) is 5.15. The number of rotatable bonds is 4. The van der Waals surface area contributed by atoms with Crippen LogP contribution in [0.15, 0.2) is 18.2 Å². The van der Waals surface area contributed by atoms with Gasteiger partial charge in [0.1, 0.15) is 5.56 Å². The molecule has 0 saturated carbocycles. The van der Waals surface area contributed by atoms with Gasteiger partial charge in [-0.2, -0.15) is 13.6 Å². The van der Waals surface area contributed by atoms with Crippen molar-refractivity contribution in [1.29, 1.82) is 0 Å². The van der Waals surface area contributed by atoms with E-state index in [-0.39, 0.29) is 17.9 Å². The molecule has 0 saturated heterocycles. The lowest BCUT2D eigenvalue weighted by atomic mass is 10.1. The van der Waals surface area contributed by atoms with Crippen LogP contribution in [-0.4, -0.2) is 21.0 Å². The fourth-order valence-corrected chi connectivity index (χ4v) is 1.61. The molecule has 0 aliphatic heterocycles. The van der Waals surface area contributed by atoms with E-state index < -0.39 is 16.3 Å². The molecule has 2 N–H and O–H groups in total. The zero-order valence-electron chi connectivity index (χ0n) is 9.47. The molecule has 1 rings (SSSR count). The van der Waals surface area contributed by atoms with E-state index in [4.69, 9.17) is 9.88 Å². The smallest absolute Gasteiger partial charge is 0.380 e. The first-order valence-electron chi connectivity index (χ1n) is 4.83. The van der Waals surface area contributed by atoms with Crippen molar-refractivity contribution in [1.82, 2.24) is 0 Å². The van der Waals surface area contributed by atoms with Gasteiger partial charge in [0.2, 0.25) is 0 Å². The number of aryl methyl sites for hydroxylation is 1. The van der Waals surface area contributed by atoms with Crippen molar-refractivity contribution < 1.29 is 22.1 Å². The highest BCUT2D eigenvalue weighted by Crippen LogP contribution is 2.22. The summed E-state index contributed by atoms with van der Waals surface area (Å²) in [6.07, 6.45) is 0. The highest BCUT2D eigenvalue weighted by atomic mass is 32.2. The maximum atomic E-state index is 11.6. The van der Waals surface area contributed by atoms with Crippen LogP contribution in [0.3, 0.4) is 0 Å². The number of hydrogen-bond acceptors (Lipinski definition) is 5. The maximum Gasteiger partial charge on any atom is 0.380 e. The summed E-state index contributed by atoms with van der Waals surface area (Å²) >= 11 is 0. The summed E-state index contributed by atoms with van der Waals surface area (Å²) < 4.78 is 30.9. The fourth-order valence-electron chi connectivity index (χ4n) is 1.21. The van der Waals surface area contributed by atoms with Gasteiger partial charge in [-0.3, -0.25) is 0 Å². The predicted molar refractivity (Wildman–Crippen MR) is 60.9 cm³/mol. The molecule has 0 bridgehead atoms. The van der Waals surface area contributed by atoms with Gasteiger partial charge in [0.25, 0.3) is 0 Å². The Morgan fingerprint density at radius 3 is 2.59 bits per heavy atom. The van der Waals surface area contributed by atoms with Crippen LogP contribution >= 0.6 is 0 Å². The monoisotopic (exact) mass is 259 g/mol. The predicted octanol–water partition coefficient (Wildman–Crippen LogP) is 0.754. The Bertz CT molecular complexity index is 523. The molecule has 0 aliphatic rings. The Hall–Kier alpha value is -1.60. The van der Waals surface area contributed by atoms with Crippen LogP contribution in [0.5, 0.6) is 5.75 Å². The number of carbonyl (C=O) groups is 1. The zero-order valence-corrected chi connectivity index (χ0v) is 10.3. The Morgan fingerprint density at radius 2 is 2.06 bits per heavy atom. The number of esters is 1. The average Bonchev–Trinajstić information content (AvgIpc) is 2.19. The summed E-state index contributed by atoms with van der Waals surface area (Å²) in [7, 11) is -4.17. The first kappa shape index (κ1) is 13.5. The van der Waals surface area contributed by atoms with Crippen LogP contribution in [0.1, 0.15) is 22.8 Å². The molecular weight excluding hydrogens is 246 g/mol. The van der Waals surface area contributed by atoms with E-state index in [0.29, 0.717) is 0 Å². The third-order valence-corrected chi connectivity index (χ3v) is 2.25. The van der Waals surface area contributed by atoms with Crippen molar-refractivity contribution in [3.05, 3.63) is 29.3 Å². The third kappa shape index (κ3) is 4.04. The summed E-state index contributed by atoms with van der Waals surface area (Å²) in [6.45, 7) is 3.58. The molecule has 0 unspecified atom stereocenters. The van der Waals surface area contributed by atoms with Crippen molar-refractivity contribution in [3.8, 4) is 5.75 Å². The summed E-state index contributed by atoms with van der Waals surface area (Å²) in [5, 5.41) is 4.75. The van der Waals surface area contributed by atoms with Gasteiger partial charge in [-0.1, -0.05) is 6.07 Å². The Labute approximate surface area is 99.6 Å². The maximum absolute atomic E-state index is 11.6. The molecule has 0 spiro atoms. The van der Waals surface area contributed by atoms with Crippen molar-refractivity contribution in [3.63, 3.8) is 0 Å². The molecule has 0 radical (unpaired) electrons. The topological polar surface area (TPSA) is 95.7 Å². The Morgan fingerprint density at radius 1 is 1.41 bits per heavy atom. The minimum absolute atomic E-state index is 0.0286. The average molecular weight is 259 g/mol. The number of nitrogens with two attached hydrogens (primary N) is 1. The lowest BCUT2D eigenvalue weighted by Crippen LogP contribution is -2.20. The van der Waals surface area contributed by atoms with Crippen molar-refractivity contribution >= 4 is 16.3 Å². The molecule has 0 aromatic heterocycles. The summed E-state index contributed by atoms with van der Waals surface area (Å²) in [5.41, 5.74) is 0.802. The summed E-state index contributed by atoms with van der Waals surface area (Å²) in [6, 6.07) is 4.42. The zero-order chi connectivity index (χ0) is 13.1. The van der Waals surface area contributed by atoms with E-state index in [0.717, 1.165) is 5.56 Å². The van der Waals surface area contributed by atoms with Gasteiger partial charge in [-0.25, -0.2) is 4.79 Å². The van der Waals surface area contributed by atoms with Crippen LogP contribution < -0.4 is 9.32 Å². The summed E-state index contributed by atoms with van der Waals surface area (Å²) in [4.78, 5) is 11.6. The minimum Gasteiger partial charge on any atom is -0.462 e. The molecular formula is C10H13NO5S. The number of carbonyl (C=O) groups excluding carboxylic acids is 1. The van der Waals surface area contributed by atoms with Crippen LogP contribution in [0.2, 0.25) is 0 Å². The van der Waals surface area contributed by atoms with Gasteiger partial charge in [0.15, 0.2) is 5.75 Å². The van der Waals surface area contributed by atoms with Gasteiger partial charge in [0, 0.05) is 0 Å². The Balaban J connectivity index is 3.17. The van der Waals surface area contributed by atoms with Gasteiger partial charge in [-0.05, 0) is 31.5 Å². The minimum atomic E-state index is -4.17. The molecule has 17 heavy (non-hydrogen) atoms. The molecule has 94 valence electrons. The second-order valence-corrected chi connectivity index (χ2v) is 4.45. The molecule has 1 aromatic rings. The van der Waals surface area contributed by atoms with Gasteiger partial charge in [-0.15, -0.1) is 0 Å². The van der Waals surface area contributed by atoms with E-state index in [2.05, 4.69) is 4.18 Å². The molecule has 0 fully saturated rings. The quantitative estimate of drug-likeness (QED) is 0.805. The van der Waals surface area contributed by atoms with Gasteiger partial charge < -0.3 is 8.92 Å². The molecule has 0 atom stereocenters. The normalized spacial score (nSPS) is 11.0. The molecule has 0 heterocycles. The molecule has 0 aliphatic carbocycles. The first-order valence-corrected chi connectivity index (χ1v) is 6.30. The van der Waals surface area contributed by atoms with E-state index in [1.807, 2.05) is 0 Å². The number of benzene rings is 1. The van der Waals surface area contributed by atoms with Crippen LogP contribution in [0.4, 0.5) is 0 Å². The second-order valence-electron chi connectivity index (χ2n) is 3.30. The van der Waals surface area contributed by atoms with Crippen LogP contribution in [-0.2, 0) is 15.0 Å². The van der Waals surface area contributed by atoms with E-state index in [9.17, 15) is 13.2 Å². The molecule has 7 heteroatoms. The van der Waals surface area contributed by atoms with Crippen molar-refractivity contribution in [2.45, 2.75) is 13.8 Å². The fraction of sp³-hybridized carbons (Fsp3) is 0.300. The highest BCUT2D eigenvalue weighted by molar-refractivity contribution is 7.84. The molecule has 1 aromatic carbocycles. The molecule has 6 nitrogen and oxygen atoms in total. The number of ether oxygens (including phenoxy) is 1. The van der Waals surface area contributed by atoms with Gasteiger partial charge >= 0.3 is 16.3 Å². The standard InChI is InChI=1S/C10H13NO5S/c1-3-15-10(12)8-6-7(2)4-5-9(8)16-17(11,13)14/h4-6H,3H2,1-2H3,(H2,11,13,14). The van der Waals surface area contributed by atoms with Crippen LogP contribution in [0, 0.1) is 6.92 Å². The molecule has 0 amide bonds. The lowest BCUT2D eigenvalue weighted by Gasteiger charge is -2.09. The van der Waals surface area contributed by atoms with E-state index in [1.165, 1.54) is 12.1 Å². The third-order valence-electron chi connectivity index (χ3n) is 1.84. The highest BCUT2D eigenvalue weighted by Gasteiger charge is 2.17. The van der Waals surface area contributed by atoms with Crippen LogP contribution in [0.25, 0.3) is 0 Å². The summed E-state index contributed by atoms with van der Waals surface area (Å²) in [5.74, 6) is -0.800. The lowest BCUT2D eigenvalue weighted by molar-refractivity contribution is 0.0524. The Kier molecular flexibility index (Phi) is 4.08. The van der Waals surface area contributed by atoms with E-state index in [1.54, 1.807) is 19.9 Å². The SMILES string of the molecule is CCOC(=O)c1cc(C)ccc1OS(N)(=O)=O. The van der Waals surface area contributed by atoms with E-state index >= 15 is 0 Å². The van der Waals surface area contributed by atoms with Gasteiger partial charge in [0.05, 0.1) is 6.61 Å². The first-order chi connectivity index (χ1) is 7.83. The van der Waals surface area contributed by atoms with Crippen molar-refractivity contribution in [2.24, 2.45) is 5.14 Å². The number of hydrogen-bond donors (Lipinski definition) is 1.